The number of benzene rings is 1. The zero-order chi connectivity index (χ0) is 14.7. The van der Waals surface area contributed by atoms with Crippen LogP contribution in [0.4, 0.5) is 0 Å². The fourth-order valence-electron chi connectivity index (χ4n) is 4.02. The fourth-order valence-corrected chi connectivity index (χ4v) is 4.02. The highest BCUT2D eigenvalue weighted by Gasteiger charge is 2.38. The van der Waals surface area contributed by atoms with Crippen molar-refractivity contribution in [3.05, 3.63) is 35.9 Å². The first-order valence-electron chi connectivity index (χ1n) is 8.27. The van der Waals surface area contributed by atoms with Crippen LogP contribution in [0.15, 0.2) is 30.3 Å². The van der Waals surface area contributed by atoms with Crippen molar-refractivity contribution in [2.24, 2.45) is 11.1 Å². The quantitative estimate of drug-likeness (QED) is 0.928. The van der Waals surface area contributed by atoms with E-state index in [9.17, 15) is 4.79 Å². The maximum Gasteiger partial charge on any atom is 0.239 e. The first-order chi connectivity index (χ1) is 10.2. The van der Waals surface area contributed by atoms with Crippen molar-refractivity contribution in [2.45, 2.75) is 51.0 Å². The second-order valence-electron chi connectivity index (χ2n) is 6.83. The molecule has 1 aliphatic heterocycles. The Bertz CT molecular complexity index is 469. The second-order valence-corrected chi connectivity index (χ2v) is 6.83. The summed E-state index contributed by atoms with van der Waals surface area (Å²) in [4.78, 5) is 14.5. The van der Waals surface area contributed by atoms with E-state index >= 15 is 0 Å². The van der Waals surface area contributed by atoms with Crippen molar-refractivity contribution in [1.82, 2.24) is 4.90 Å². The third kappa shape index (κ3) is 3.29. The Hall–Kier alpha value is -1.35. The van der Waals surface area contributed by atoms with Crippen LogP contribution in [-0.2, 0) is 11.2 Å². The van der Waals surface area contributed by atoms with Gasteiger partial charge in [-0.3, -0.25) is 4.79 Å². The van der Waals surface area contributed by atoms with E-state index in [2.05, 4.69) is 0 Å². The molecule has 1 aromatic carbocycles. The summed E-state index contributed by atoms with van der Waals surface area (Å²) in [6, 6.07) is 9.66. The predicted octanol–water partition coefficient (Wildman–Crippen LogP) is 2.74. The molecular formula is C18H26N2O. The highest BCUT2D eigenvalue weighted by atomic mass is 16.2. The van der Waals surface area contributed by atoms with E-state index in [1.807, 2.05) is 35.2 Å². The molecule has 2 N–H and O–H groups in total. The van der Waals surface area contributed by atoms with E-state index in [-0.39, 0.29) is 5.91 Å². The summed E-state index contributed by atoms with van der Waals surface area (Å²) in [7, 11) is 0. The van der Waals surface area contributed by atoms with Crippen LogP contribution in [-0.4, -0.2) is 29.9 Å². The smallest absolute Gasteiger partial charge is 0.239 e. The minimum absolute atomic E-state index is 0.131. The second kappa shape index (κ2) is 6.18. The number of amides is 1. The number of likely N-dealkylation sites (tertiary alicyclic amines) is 1. The van der Waals surface area contributed by atoms with Gasteiger partial charge < -0.3 is 10.6 Å². The highest BCUT2D eigenvalue weighted by Crippen LogP contribution is 2.46. The number of piperidine rings is 1. The molecule has 3 heteroatoms. The monoisotopic (exact) mass is 286 g/mol. The van der Waals surface area contributed by atoms with Gasteiger partial charge in [0.05, 0.1) is 6.04 Å². The van der Waals surface area contributed by atoms with Crippen LogP contribution in [0, 0.1) is 5.41 Å². The van der Waals surface area contributed by atoms with Gasteiger partial charge >= 0.3 is 0 Å². The van der Waals surface area contributed by atoms with Crippen LogP contribution in [0.25, 0.3) is 0 Å². The predicted molar refractivity (Wildman–Crippen MR) is 84.8 cm³/mol. The van der Waals surface area contributed by atoms with Gasteiger partial charge in [0, 0.05) is 13.1 Å². The lowest BCUT2D eigenvalue weighted by Gasteiger charge is -2.40. The van der Waals surface area contributed by atoms with Crippen LogP contribution >= 0.6 is 0 Å². The lowest BCUT2D eigenvalue weighted by atomic mass is 9.77. The minimum Gasteiger partial charge on any atom is -0.341 e. The summed E-state index contributed by atoms with van der Waals surface area (Å²) in [6.07, 6.45) is 8.48. The maximum atomic E-state index is 12.5. The molecule has 3 nitrogen and oxygen atoms in total. The van der Waals surface area contributed by atoms with Crippen LogP contribution < -0.4 is 5.73 Å². The summed E-state index contributed by atoms with van der Waals surface area (Å²) in [5, 5.41) is 0. The zero-order valence-electron chi connectivity index (χ0n) is 12.8. The zero-order valence-corrected chi connectivity index (χ0v) is 12.8. The number of rotatable bonds is 3. The molecule has 1 saturated heterocycles. The summed E-state index contributed by atoms with van der Waals surface area (Å²) in [5.41, 5.74) is 7.83. The molecule has 2 aliphatic rings. The van der Waals surface area contributed by atoms with Crippen LogP contribution in [0.2, 0.25) is 0 Å². The van der Waals surface area contributed by atoms with Crippen molar-refractivity contribution in [1.29, 1.82) is 0 Å². The Kier molecular flexibility index (Phi) is 4.29. The molecule has 0 bridgehead atoms. The highest BCUT2D eigenvalue weighted by molar-refractivity contribution is 5.82. The van der Waals surface area contributed by atoms with E-state index < -0.39 is 6.04 Å². The third-order valence-electron chi connectivity index (χ3n) is 5.42. The molecule has 1 spiro atoms. The Morgan fingerprint density at radius 2 is 1.71 bits per heavy atom. The van der Waals surface area contributed by atoms with Crippen LogP contribution in [0.3, 0.4) is 0 Å². The molecule has 1 aromatic rings. The fraction of sp³-hybridized carbons (Fsp3) is 0.611. The molecule has 2 fully saturated rings. The average Bonchev–Trinajstić information content (AvgIpc) is 2.96. The van der Waals surface area contributed by atoms with Gasteiger partial charge in [-0.05, 0) is 43.1 Å². The molecule has 1 aliphatic carbocycles. The Balaban J connectivity index is 1.54. The van der Waals surface area contributed by atoms with Crippen molar-refractivity contribution in [3.8, 4) is 0 Å². The number of nitrogens with zero attached hydrogens (tertiary/aromatic N) is 1. The van der Waals surface area contributed by atoms with Crippen LogP contribution in [0.1, 0.15) is 44.1 Å². The normalized spacial score (nSPS) is 22.4. The largest absolute Gasteiger partial charge is 0.341 e. The molecule has 0 radical (unpaired) electrons. The molecule has 1 amide bonds. The molecule has 0 aromatic heterocycles. The molecule has 0 unspecified atom stereocenters. The number of hydrogen-bond donors (Lipinski definition) is 1. The first kappa shape index (κ1) is 14.6. The summed E-state index contributed by atoms with van der Waals surface area (Å²) in [5.74, 6) is 0.131. The number of carbonyl (C=O) groups is 1. The first-order valence-corrected chi connectivity index (χ1v) is 8.27. The molecular weight excluding hydrogens is 260 g/mol. The van der Waals surface area contributed by atoms with Gasteiger partial charge in [-0.2, -0.15) is 0 Å². The summed E-state index contributed by atoms with van der Waals surface area (Å²) in [6.45, 7) is 1.81. The topological polar surface area (TPSA) is 46.3 Å². The Labute approximate surface area is 127 Å². The lowest BCUT2D eigenvalue weighted by Crippen LogP contribution is -2.49. The van der Waals surface area contributed by atoms with Gasteiger partial charge in [0.2, 0.25) is 5.91 Å². The van der Waals surface area contributed by atoms with Crippen molar-refractivity contribution in [2.75, 3.05) is 13.1 Å². The Morgan fingerprint density at radius 1 is 1.10 bits per heavy atom. The van der Waals surface area contributed by atoms with Crippen molar-refractivity contribution < 1.29 is 4.79 Å². The molecule has 1 heterocycles. The standard InChI is InChI=1S/C18H26N2O/c19-16(14-15-6-2-1-3-7-15)17(21)20-12-10-18(11-13-20)8-4-5-9-18/h1-3,6-7,16H,4-5,8-14,19H2/t16-/m1/s1. The third-order valence-corrected chi connectivity index (χ3v) is 5.42. The van der Waals surface area contributed by atoms with Gasteiger partial charge in [0.1, 0.15) is 0 Å². The number of nitrogens with two attached hydrogens (primary N) is 1. The van der Waals surface area contributed by atoms with E-state index in [1.165, 1.54) is 38.5 Å². The van der Waals surface area contributed by atoms with Crippen molar-refractivity contribution >= 4 is 5.91 Å². The van der Waals surface area contributed by atoms with Crippen molar-refractivity contribution in [3.63, 3.8) is 0 Å². The average molecular weight is 286 g/mol. The summed E-state index contributed by atoms with van der Waals surface area (Å²) < 4.78 is 0. The molecule has 3 rings (SSSR count). The molecule has 21 heavy (non-hydrogen) atoms. The summed E-state index contributed by atoms with van der Waals surface area (Å²) >= 11 is 0. The van der Waals surface area contributed by atoms with E-state index in [0.717, 1.165) is 18.7 Å². The van der Waals surface area contributed by atoms with Gasteiger partial charge in [-0.25, -0.2) is 0 Å². The van der Waals surface area contributed by atoms with E-state index in [0.29, 0.717) is 11.8 Å². The molecule has 1 saturated carbocycles. The molecule has 114 valence electrons. The van der Waals surface area contributed by atoms with Crippen LogP contribution in [0.5, 0.6) is 0 Å². The van der Waals surface area contributed by atoms with E-state index in [1.54, 1.807) is 0 Å². The van der Waals surface area contributed by atoms with Gasteiger partial charge in [0.15, 0.2) is 0 Å². The van der Waals surface area contributed by atoms with Gasteiger partial charge in [-0.15, -0.1) is 0 Å². The number of carbonyl (C=O) groups excluding carboxylic acids is 1. The SMILES string of the molecule is N[C@H](Cc1ccccc1)C(=O)N1CCC2(CCCC2)CC1. The number of hydrogen-bond acceptors (Lipinski definition) is 2. The maximum absolute atomic E-state index is 12.5. The lowest BCUT2D eigenvalue weighted by molar-refractivity contribution is -0.134. The minimum atomic E-state index is -0.398. The van der Waals surface area contributed by atoms with E-state index in [4.69, 9.17) is 5.73 Å². The van der Waals surface area contributed by atoms with Gasteiger partial charge in [-0.1, -0.05) is 43.2 Å². The molecule has 1 atom stereocenters. The Morgan fingerprint density at radius 3 is 2.33 bits per heavy atom. The van der Waals surface area contributed by atoms with Gasteiger partial charge in [0.25, 0.3) is 0 Å².